The van der Waals surface area contributed by atoms with Gasteiger partial charge >= 0.3 is 35.5 Å². The van der Waals surface area contributed by atoms with Gasteiger partial charge in [0.2, 0.25) is 0 Å². The first kappa shape index (κ1) is 26.6. The van der Waals surface area contributed by atoms with Crippen LogP contribution in [0.4, 0.5) is 0 Å². The molecule has 0 bridgehead atoms. The zero-order valence-electron chi connectivity index (χ0n) is 18.2. The van der Waals surface area contributed by atoms with E-state index in [0.29, 0.717) is 19.6 Å². The third kappa shape index (κ3) is 7.15. The van der Waals surface area contributed by atoms with Gasteiger partial charge in [-0.2, -0.15) is 0 Å². The summed E-state index contributed by atoms with van der Waals surface area (Å²) >= 11 is 1.74. The van der Waals surface area contributed by atoms with Crippen molar-refractivity contribution in [3.63, 3.8) is 0 Å². The first-order chi connectivity index (χ1) is 15.0. The molecule has 0 aliphatic carbocycles. The van der Waals surface area contributed by atoms with Gasteiger partial charge in [-0.1, -0.05) is 24.3 Å². The average Bonchev–Trinajstić information content (AvgIpc) is 3.15. The number of thioether (sulfide) groups is 1. The summed E-state index contributed by atoms with van der Waals surface area (Å²) in [4.78, 5) is 12.5. The number of carbonyl (C=O) groups is 1. The molecular formula is C25H30NNaO4S. The fourth-order valence-electron chi connectivity index (χ4n) is 3.49. The summed E-state index contributed by atoms with van der Waals surface area (Å²) in [5.74, 6) is -0.175. The number of aliphatic carboxylic acids is 1. The minimum absolute atomic E-state index is 0. The average molecular weight is 464 g/mol. The van der Waals surface area contributed by atoms with E-state index in [0.717, 1.165) is 17.9 Å². The number of aromatic nitrogens is 1. The van der Waals surface area contributed by atoms with Crippen LogP contribution in [0.2, 0.25) is 0 Å². The van der Waals surface area contributed by atoms with Crippen molar-refractivity contribution in [1.29, 1.82) is 0 Å². The Morgan fingerprint density at radius 3 is 2.34 bits per heavy atom. The summed E-state index contributed by atoms with van der Waals surface area (Å²) in [7, 11) is 0. The number of benzene rings is 2. The second kappa shape index (κ2) is 13.1. The first-order valence-electron chi connectivity index (χ1n) is 10.4. The summed E-state index contributed by atoms with van der Waals surface area (Å²) < 4.78 is 13.5. The standard InChI is InChI=1S/C25H29NO4S.Na.H/c1-4-29-24(25(27)28)17-19-6-10-21(11-7-19)30-16-15-26-18(2)5-14-23(26)20-8-12-22(31-3)13-9-20;;/h5-14,24H,4,15-17H2,1-3H3,(H,27,28);;. The maximum atomic E-state index is 11.3. The van der Waals surface area contributed by atoms with Gasteiger partial charge in [-0.25, -0.2) is 4.79 Å². The topological polar surface area (TPSA) is 60.7 Å². The van der Waals surface area contributed by atoms with Crippen molar-refractivity contribution in [1.82, 2.24) is 4.57 Å². The van der Waals surface area contributed by atoms with Crippen LogP contribution in [-0.2, 0) is 22.5 Å². The number of carboxylic acid groups (broad SMARTS) is 1. The molecule has 1 unspecified atom stereocenters. The third-order valence-corrected chi connectivity index (χ3v) is 5.90. The van der Waals surface area contributed by atoms with Crippen LogP contribution in [0.3, 0.4) is 0 Å². The SMILES string of the molecule is CCOC(Cc1ccc(OCCn2c(C)ccc2-c2ccc(SC)cc2)cc1)C(=O)O.[NaH]. The van der Waals surface area contributed by atoms with E-state index in [1.54, 1.807) is 18.7 Å². The number of rotatable bonds is 11. The molecule has 1 aromatic heterocycles. The van der Waals surface area contributed by atoms with Gasteiger partial charge in [0.15, 0.2) is 6.10 Å². The van der Waals surface area contributed by atoms with Crippen molar-refractivity contribution in [2.24, 2.45) is 0 Å². The van der Waals surface area contributed by atoms with Gasteiger partial charge in [-0.05, 0) is 67.6 Å². The van der Waals surface area contributed by atoms with Crippen LogP contribution in [0.15, 0.2) is 65.6 Å². The van der Waals surface area contributed by atoms with E-state index in [4.69, 9.17) is 9.47 Å². The molecule has 0 fully saturated rings. The quantitative estimate of drug-likeness (QED) is 0.331. The van der Waals surface area contributed by atoms with Gasteiger partial charge in [0.1, 0.15) is 12.4 Å². The number of ether oxygens (including phenoxy) is 2. The molecule has 5 nitrogen and oxygen atoms in total. The Labute approximate surface area is 216 Å². The second-order valence-corrected chi connectivity index (χ2v) is 8.10. The van der Waals surface area contributed by atoms with E-state index in [-0.39, 0.29) is 29.6 Å². The van der Waals surface area contributed by atoms with Crippen molar-refractivity contribution in [2.75, 3.05) is 19.5 Å². The van der Waals surface area contributed by atoms with Crippen LogP contribution in [0.5, 0.6) is 5.75 Å². The molecule has 0 saturated carbocycles. The van der Waals surface area contributed by atoms with Crippen LogP contribution in [-0.4, -0.2) is 70.8 Å². The van der Waals surface area contributed by atoms with Gasteiger partial charge in [-0.3, -0.25) is 0 Å². The summed E-state index contributed by atoms with van der Waals surface area (Å²) in [5, 5.41) is 9.23. The van der Waals surface area contributed by atoms with Gasteiger partial charge in [0, 0.05) is 29.3 Å². The summed E-state index contributed by atoms with van der Waals surface area (Å²) in [5.41, 5.74) is 4.47. The van der Waals surface area contributed by atoms with Crippen molar-refractivity contribution >= 4 is 47.3 Å². The van der Waals surface area contributed by atoms with Crippen LogP contribution in [0.25, 0.3) is 11.3 Å². The minimum atomic E-state index is -0.942. The molecule has 1 heterocycles. The van der Waals surface area contributed by atoms with Crippen molar-refractivity contribution < 1.29 is 19.4 Å². The molecule has 0 aliphatic rings. The van der Waals surface area contributed by atoms with Crippen LogP contribution in [0.1, 0.15) is 18.2 Å². The molecule has 0 aliphatic heterocycles. The predicted octanol–water partition coefficient (Wildman–Crippen LogP) is 4.65. The van der Waals surface area contributed by atoms with Gasteiger partial charge in [0.05, 0.1) is 6.54 Å². The maximum absolute atomic E-state index is 11.3. The zero-order valence-corrected chi connectivity index (χ0v) is 19.0. The van der Waals surface area contributed by atoms with Crippen LogP contribution < -0.4 is 4.74 Å². The van der Waals surface area contributed by atoms with Gasteiger partial charge in [0.25, 0.3) is 0 Å². The first-order valence-corrected chi connectivity index (χ1v) is 11.6. The molecule has 0 spiro atoms. The van der Waals surface area contributed by atoms with Gasteiger partial charge < -0.3 is 19.1 Å². The van der Waals surface area contributed by atoms with E-state index in [1.165, 1.54) is 21.8 Å². The summed E-state index contributed by atoms with van der Waals surface area (Å²) in [6, 6.07) is 20.4. The molecule has 0 saturated heterocycles. The Hall–Kier alpha value is -1.70. The van der Waals surface area contributed by atoms with E-state index in [2.05, 4.69) is 54.1 Å². The molecule has 1 atom stereocenters. The fourth-order valence-corrected chi connectivity index (χ4v) is 3.90. The Kier molecular flexibility index (Phi) is 10.9. The number of aryl methyl sites for hydroxylation is 1. The Morgan fingerprint density at radius 1 is 1.06 bits per heavy atom. The van der Waals surface area contributed by atoms with Gasteiger partial charge in [-0.15, -0.1) is 11.8 Å². The van der Waals surface area contributed by atoms with Crippen molar-refractivity contribution in [3.05, 3.63) is 71.9 Å². The van der Waals surface area contributed by atoms with Crippen LogP contribution in [0, 0.1) is 6.92 Å². The fraction of sp³-hybridized carbons (Fsp3) is 0.320. The molecule has 0 radical (unpaired) electrons. The molecule has 166 valence electrons. The summed E-state index contributed by atoms with van der Waals surface area (Å²) in [6.45, 7) is 5.56. The molecular weight excluding hydrogens is 433 g/mol. The molecule has 3 aromatic rings. The number of hydrogen-bond donors (Lipinski definition) is 1. The van der Waals surface area contributed by atoms with Crippen molar-refractivity contribution in [3.8, 4) is 17.0 Å². The molecule has 2 aromatic carbocycles. The number of nitrogens with zero attached hydrogens (tertiary/aromatic N) is 1. The van der Waals surface area contributed by atoms with E-state index < -0.39 is 12.1 Å². The van der Waals surface area contributed by atoms with Crippen molar-refractivity contribution in [2.45, 2.75) is 37.8 Å². The Morgan fingerprint density at radius 2 is 1.75 bits per heavy atom. The molecule has 3 rings (SSSR count). The molecule has 1 N–H and O–H groups in total. The molecule has 7 heteroatoms. The summed E-state index contributed by atoms with van der Waals surface area (Å²) in [6.07, 6.45) is 1.59. The number of carboxylic acids is 1. The number of hydrogen-bond acceptors (Lipinski definition) is 4. The second-order valence-electron chi connectivity index (χ2n) is 7.22. The van der Waals surface area contributed by atoms with E-state index in [1.807, 2.05) is 24.3 Å². The predicted molar refractivity (Wildman–Crippen MR) is 132 cm³/mol. The molecule has 0 amide bonds. The third-order valence-electron chi connectivity index (χ3n) is 5.16. The van der Waals surface area contributed by atoms with E-state index in [9.17, 15) is 9.90 Å². The Balaban J connectivity index is 0.00000363. The van der Waals surface area contributed by atoms with E-state index >= 15 is 0 Å². The zero-order chi connectivity index (χ0) is 22.2. The van der Waals surface area contributed by atoms with Crippen LogP contribution >= 0.6 is 11.8 Å². The normalized spacial score (nSPS) is 11.6. The molecule has 32 heavy (non-hydrogen) atoms. The monoisotopic (exact) mass is 463 g/mol. The Bertz CT molecular complexity index is 986.